The first-order valence-electron chi connectivity index (χ1n) is 11.7. The molecule has 3 aliphatic rings. The van der Waals surface area contributed by atoms with Crippen LogP contribution in [0.4, 0.5) is 4.79 Å². The highest BCUT2D eigenvalue weighted by atomic mass is 16.5. The minimum Gasteiger partial charge on any atom is -0.481 e. The molecule has 8 nitrogen and oxygen atoms in total. The molecule has 2 amide bonds. The number of rotatable bonds is 7. The fraction of sp³-hybridized carbons (Fsp3) is 0.423. The average molecular weight is 465 g/mol. The molecule has 0 aromatic heterocycles. The van der Waals surface area contributed by atoms with Gasteiger partial charge in [0.25, 0.3) is 0 Å². The van der Waals surface area contributed by atoms with Crippen LogP contribution in [-0.2, 0) is 19.1 Å². The van der Waals surface area contributed by atoms with Crippen molar-refractivity contribution in [1.29, 1.82) is 0 Å². The van der Waals surface area contributed by atoms with E-state index in [2.05, 4.69) is 34.9 Å². The fourth-order valence-corrected chi connectivity index (χ4v) is 5.13. The lowest BCUT2D eigenvalue weighted by molar-refractivity contribution is -0.146. The predicted molar refractivity (Wildman–Crippen MR) is 123 cm³/mol. The lowest BCUT2D eigenvalue weighted by atomic mass is 9.80. The first-order chi connectivity index (χ1) is 16.5. The number of ether oxygens (including phenoxy) is 2. The first kappa shape index (κ1) is 22.4. The van der Waals surface area contributed by atoms with Gasteiger partial charge in [-0.2, -0.15) is 0 Å². The van der Waals surface area contributed by atoms with Crippen molar-refractivity contribution in [3.05, 3.63) is 59.7 Å². The van der Waals surface area contributed by atoms with Gasteiger partial charge in [0.15, 0.2) is 0 Å². The van der Waals surface area contributed by atoms with Crippen molar-refractivity contribution in [3.63, 3.8) is 0 Å². The number of alkyl carbamates (subject to hydrolysis) is 1. The summed E-state index contributed by atoms with van der Waals surface area (Å²) < 4.78 is 11.2. The van der Waals surface area contributed by atoms with Gasteiger partial charge in [-0.25, -0.2) is 4.79 Å². The Bertz CT molecular complexity index is 1050. The van der Waals surface area contributed by atoms with Crippen LogP contribution < -0.4 is 10.6 Å². The molecule has 1 saturated heterocycles. The predicted octanol–water partition coefficient (Wildman–Crippen LogP) is 2.91. The molecule has 0 bridgehead atoms. The summed E-state index contributed by atoms with van der Waals surface area (Å²) in [4.78, 5) is 35.7. The Balaban J connectivity index is 1.06. The van der Waals surface area contributed by atoms with Crippen LogP contribution in [0.15, 0.2) is 48.5 Å². The number of aliphatic carboxylic acids is 1. The van der Waals surface area contributed by atoms with Crippen LogP contribution in [0.25, 0.3) is 11.1 Å². The van der Waals surface area contributed by atoms with Crippen molar-refractivity contribution in [2.45, 2.75) is 37.3 Å². The number of carbonyl (C=O) groups excluding carboxylic acids is 2. The second-order valence-electron chi connectivity index (χ2n) is 9.31. The summed E-state index contributed by atoms with van der Waals surface area (Å²) in [6, 6.07) is 16.3. The van der Waals surface area contributed by atoms with Crippen LogP contribution in [0.2, 0.25) is 0 Å². The molecule has 0 spiro atoms. The standard InChI is InChI=1S/C26H28N2O6/c29-24(28-17-9-15(10-17)25(30)31)16-11-18(33-13-16)12-27-26(32)34-14-23-21-7-3-1-5-19(21)20-6-2-4-8-22(20)23/h1-8,15-18,23H,9-14H2,(H,27,32)(H,28,29)(H,30,31)/t15?,16-,17?,18-/m0/s1. The molecule has 8 heteroatoms. The molecular formula is C26H28N2O6. The normalized spacial score (nSPS) is 25.1. The number of hydrogen-bond donors (Lipinski definition) is 3. The molecule has 2 aliphatic carbocycles. The number of carboxylic acid groups (broad SMARTS) is 1. The topological polar surface area (TPSA) is 114 Å². The Morgan fingerprint density at radius 2 is 1.59 bits per heavy atom. The molecule has 1 heterocycles. The lowest BCUT2D eigenvalue weighted by Crippen LogP contribution is -2.48. The minimum atomic E-state index is -0.811. The van der Waals surface area contributed by atoms with Crippen molar-refractivity contribution >= 4 is 18.0 Å². The SMILES string of the molecule is O=C(NC[C@@H]1C[C@H](C(=O)NC2CC(C(=O)O)C2)CO1)OCC1c2ccccc2-c2ccccc21. The van der Waals surface area contributed by atoms with Crippen molar-refractivity contribution in [2.75, 3.05) is 19.8 Å². The summed E-state index contributed by atoms with van der Waals surface area (Å²) in [5.74, 6) is -1.58. The third-order valence-corrected chi connectivity index (χ3v) is 7.10. The zero-order valence-electron chi connectivity index (χ0n) is 18.7. The van der Waals surface area contributed by atoms with Gasteiger partial charge >= 0.3 is 12.1 Å². The van der Waals surface area contributed by atoms with E-state index in [4.69, 9.17) is 14.6 Å². The maximum Gasteiger partial charge on any atom is 0.407 e. The number of carbonyl (C=O) groups is 3. The quantitative estimate of drug-likeness (QED) is 0.581. The zero-order chi connectivity index (χ0) is 23.7. The molecule has 178 valence electrons. The molecular weight excluding hydrogens is 436 g/mol. The van der Waals surface area contributed by atoms with Gasteiger partial charge in [-0.3, -0.25) is 9.59 Å². The number of carboxylic acids is 1. The fourth-order valence-electron chi connectivity index (χ4n) is 5.13. The molecule has 5 rings (SSSR count). The number of nitrogens with one attached hydrogen (secondary N) is 2. The van der Waals surface area contributed by atoms with Crippen LogP contribution in [0.3, 0.4) is 0 Å². The number of amides is 2. The van der Waals surface area contributed by atoms with Crippen molar-refractivity contribution in [2.24, 2.45) is 11.8 Å². The number of hydrogen-bond acceptors (Lipinski definition) is 5. The smallest absolute Gasteiger partial charge is 0.407 e. The first-order valence-corrected chi connectivity index (χ1v) is 11.7. The van der Waals surface area contributed by atoms with Gasteiger partial charge in [0.1, 0.15) is 6.61 Å². The summed E-state index contributed by atoms with van der Waals surface area (Å²) in [5.41, 5.74) is 4.67. The maximum absolute atomic E-state index is 12.4. The van der Waals surface area contributed by atoms with E-state index >= 15 is 0 Å². The average Bonchev–Trinajstić information content (AvgIpc) is 3.41. The lowest BCUT2D eigenvalue weighted by Gasteiger charge is -2.33. The van der Waals surface area contributed by atoms with Crippen molar-refractivity contribution in [1.82, 2.24) is 10.6 Å². The Morgan fingerprint density at radius 3 is 2.24 bits per heavy atom. The van der Waals surface area contributed by atoms with E-state index in [1.54, 1.807) is 0 Å². The van der Waals surface area contributed by atoms with E-state index in [1.165, 1.54) is 11.1 Å². The van der Waals surface area contributed by atoms with E-state index in [9.17, 15) is 14.4 Å². The Labute approximate surface area is 197 Å². The number of benzene rings is 2. The van der Waals surface area contributed by atoms with Gasteiger partial charge < -0.3 is 25.2 Å². The van der Waals surface area contributed by atoms with E-state index < -0.39 is 12.1 Å². The van der Waals surface area contributed by atoms with Gasteiger partial charge in [0.05, 0.1) is 24.5 Å². The van der Waals surface area contributed by atoms with Crippen LogP contribution in [-0.4, -0.2) is 55.0 Å². The zero-order valence-corrected chi connectivity index (χ0v) is 18.7. The molecule has 2 aromatic carbocycles. The summed E-state index contributed by atoms with van der Waals surface area (Å²) in [7, 11) is 0. The molecule has 1 saturated carbocycles. The van der Waals surface area contributed by atoms with Gasteiger partial charge in [-0.1, -0.05) is 48.5 Å². The Kier molecular flexibility index (Phi) is 6.24. The molecule has 2 aromatic rings. The summed E-state index contributed by atoms with van der Waals surface area (Å²) in [6.07, 6.45) is 0.685. The highest BCUT2D eigenvalue weighted by Gasteiger charge is 2.38. The Hall–Kier alpha value is -3.39. The highest BCUT2D eigenvalue weighted by Crippen LogP contribution is 2.44. The van der Waals surface area contributed by atoms with E-state index in [-0.39, 0.29) is 55.6 Å². The van der Waals surface area contributed by atoms with Crippen LogP contribution in [0, 0.1) is 11.8 Å². The van der Waals surface area contributed by atoms with Gasteiger partial charge in [0.2, 0.25) is 5.91 Å². The van der Waals surface area contributed by atoms with Crippen molar-refractivity contribution in [3.8, 4) is 11.1 Å². The third kappa shape index (κ3) is 4.50. The minimum absolute atomic E-state index is 0.00110. The summed E-state index contributed by atoms with van der Waals surface area (Å²) in [5, 5.41) is 14.6. The van der Waals surface area contributed by atoms with Crippen LogP contribution >= 0.6 is 0 Å². The molecule has 3 N–H and O–H groups in total. The molecule has 2 atom stereocenters. The largest absolute Gasteiger partial charge is 0.481 e. The van der Waals surface area contributed by atoms with Crippen LogP contribution in [0.5, 0.6) is 0 Å². The highest BCUT2D eigenvalue weighted by molar-refractivity contribution is 5.80. The van der Waals surface area contributed by atoms with Gasteiger partial charge in [-0.15, -0.1) is 0 Å². The third-order valence-electron chi connectivity index (χ3n) is 7.10. The Morgan fingerprint density at radius 1 is 0.941 bits per heavy atom. The summed E-state index contributed by atoms with van der Waals surface area (Å²) in [6.45, 7) is 0.804. The second kappa shape index (κ2) is 9.46. The molecule has 0 radical (unpaired) electrons. The van der Waals surface area contributed by atoms with Crippen LogP contribution in [0.1, 0.15) is 36.3 Å². The molecule has 1 aliphatic heterocycles. The number of fused-ring (bicyclic) bond motifs is 3. The molecule has 34 heavy (non-hydrogen) atoms. The molecule has 2 fully saturated rings. The van der Waals surface area contributed by atoms with E-state index in [0.29, 0.717) is 19.3 Å². The van der Waals surface area contributed by atoms with Gasteiger partial charge in [-0.05, 0) is 41.5 Å². The van der Waals surface area contributed by atoms with Gasteiger partial charge in [0, 0.05) is 18.5 Å². The van der Waals surface area contributed by atoms with Crippen molar-refractivity contribution < 1.29 is 29.0 Å². The summed E-state index contributed by atoms with van der Waals surface area (Å²) >= 11 is 0. The second-order valence-corrected chi connectivity index (χ2v) is 9.31. The van der Waals surface area contributed by atoms with E-state index in [1.807, 2.05) is 24.3 Å². The molecule has 0 unspecified atom stereocenters. The monoisotopic (exact) mass is 464 g/mol. The maximum atomic E-state index is 12.4. The van der Waals surface area contributed by atoms with E-state index in [0.717, 1.165) is 11.1 Å².